The summed E-state index contributed by atoms with van der Waals surface area (Å²) in [5.74, 6) is -0.204. The third kappa shape index (κ3) is 2.23. The van der Waals surface area contributed by atoms with Gasteiger partial charge in [0, 0.05) is 0 Å². The number of carbonyl (C=O) groups is 1. The van der Waals surface area contributed by atoms with Gasteiger partial charge in [-0.15, -0.1) is 0 Å². The maximum absolute atomic E-state index is 11.7. The Hall–Kier alpha value is -1.09. The molecule has 14 heavy (non-hydrogen) atoms. The van der Waals surface area contributed by atoms with Crippen LogP contribution < -0.4 is 0 Å². The number of hydrogen-bond acceptors (Lipinski definition) is 3. The van der Waals surface area contributed by atoms with Crippen molar-refractivity contribution in [2.24, 2.45) is 5.92 Å². The lowest BCUT2D eigenvalue weighted by atomic mass is 9.92. The highest BCUT2D eigenvalue weighted by Crippen LogP contribution is 2.17. The Bertz CT molecular complexity index is 273. The minimum atomic E-state index is -0.900. The lowest BCUT2D eigenvalue weighted by molar-refractivity contribution is 0.0587. The zero-order valence-corrected chi connectivity index (χ0v) is 8.56. The summed E-state index contributed by atoms with van der Waals surface area (Å²) in [6.45, 7) is 3.94. The van der Waals surface area contributed by atoms with Gasteiger partial charge in [0.15, 0.2) is 5.78 Å². The van der Waals surface area contributed by atoms with Gasteiger partial charge < -0.3 is 9.52 Å². The standard InChI is InChI=1S/C11H16O3/c1-3-8(4-2)10(12)11(13)9-5-6-14-7-9/h5-8,10,12H,3-4H2,1-2H3. The molecule has 0 aromatic carbocycles. The first-order chi connectivity index (χ1) is 6.70. The van der Waals surface area contributed by atoms with E-state index in [0.29, 0.717) is 5.56 Å². The summed E-state index contributed by atoms with van der Waals surface area (Å²) in [6.07, 6.45) is 3.52. The van der Waals surface area contributed by atoms with Crippen LogP contribution in [0.25, 0.3) is 0 Å². The molecule has 1 atom stereocenters. The molecule has 0 radical (unpaired) electrons. The number of aliphatic hydroxyl groups excluding tert-OH is 1. The van der Waals surface area contributed by atoms with Crippen LogP contribution in [0.1, 0.15) is 37.0 Å². The smallest absolute Gasteiger partial charge is 0.194 e. The van der Waals surface area contributed by atoms with Crippen molar-refractivity contribution in [1.82, 2.24) is 0 Å². The number of hydrogen-bond donors (Lipinski definition) is 1. The molecule has 0 saturated carbocycles. The minimum Gasteiger partial charge on any atom is -0.472 e. The van der Waals surface area contributed by atoms with Gasteiger partial charge in [-0.1, -0.05) is 26.7 Å². The average molecular weight is 196 g/mol. The van der Waals surface area contributed by atoms with E-state index in [1.807, 2.05) is 13.8 Å². The maximum atomic E-state index is 11.7. The van der Waals surface area contributed by atoms with Gasteiger partial charge in [0.25, 0.3) is 0 Å². The van der Waals surface area contributed by atoms with E-state index in [1.54, 1.807) is 6.07 Å². The summed E-state index contributed by atoms with van der Waals surface area (Å²) in [4.78, 5) is 11.7. The second-order valence-electron chi connectivity index (χ2n) is 3.40. The fourth-order valence-corrected chi connectivity index (χ4v) is 1.52. The molecule has 0 bridgehead atoms. The van der Waals surface area contributed by atoms with Gasteiger partial charge in [-0.25, -0.2) is 0 Å². The molecule has 3 heteroatoms. The van der Waals surface area contributed by atoms with Gasteiger partial charge in [0.05, 0.1) is 11.8 Å². The molecular weight excluding hydrogens is 180 g/mol. The third-order valence-electron chi connectivity index (χ3n) is 2.57. The number of aliphatic hydroxyl groups is 1. The molecule has 0 saturated heterocycles. The molecule has 1 N–H and O–H groups in total. The van der Waals surface area contributed by atoms with E-state index in [1.165, 1.54) is 12.5 Å². The first kappa shape index (κ1) is 11.0. The fourth-order valence-electron chi connectivity index (χ4n) is 1.52. The van der Waals surface area contributed by atoms with Crippen molar-refractivity contribution < 1.29 is 14.3 Å². The molecule has 1 rings (SSSR count). The largest absolute Gasteiger partial charge is 0.472 e. The first-order valence-electron chi connectivity index (χ1n) is 4.95. The number of carbonyl (C=O) groups excluding carboxylic acids is 1. The Morgan fingerprint density at radius 2 is 2.14 bits per heavy atom. The van der Waals surface area contributed by atoms with Gasteiger partial charge in [-0.05, 0) is 12.0 Å². The van der Waals surface area contributed by atoms with Gasteiger partial charge in [0.1, 0.15) is 12.4 Å². The Balaban J connectivity index is 2.69. The number of rotatable bonds is 5. The number of ketones is 1. The Kier molecular flexibility index (Phi) is 3.89. The van der Waals surface area contributed by atoms with Crippen LogP contribution in [0.15, 0.2) is 23.0 Å². The van der Waals surface area contributed by atoms with Gasteiger partial charge in [0.2, 0.25) is 0 Å². The maximum Gasteiger partial charge on any atom is 0.194 e. The molecule has 0 spiro atoms. The van der Waals surface area contributed by atoms with Crippen molar-refractivity contribution in [3.8, 4) is 0 Å². The van der Waals surface area contributed by atoms with Crippen LogP contribution in [0, 0.1) is 5.92 Å². The van der Waals surface area contributed by atoms with Gasteiger partial charge in [-0.2, -0.15) is 0 Å². The molecule has 3 nitrogen and oxygen atoms in total. The van der Waals surface area contributed by atoms with Crippen molar-refractivity contribution in [2.45, 2.75) is 32.8 Å². The van der Waals surface area contributed by atoms with E-state index >= 15 is 0 Å². The molecule has 0 fully saturated rings. The van der Waals surface area contributed by atoms with Crippen LogP contribution in [0.4, 0.5) is 0 Å². The average Bonchev–Trinajstić information content (AvgIpc) is 2.71. The Morgan fingerprint density at radius 3 is 2.57 bits per heavy atom. The molecule has 0 amide bonds. The van der Waals surface area contributed by atoms with Crippen LogP contribution in [0.2, 0.25) is 0 Å². The van der Waals surface area contributed by atoms with E-state index in [2.05, 4.69) is 0 Å². The van der Waals surface area contributed by atoms with Crippen molar-refractivity contribution in [3.63, 3.8) is 0 Å². The van der Waals surface area contributed by atoms with Crippen molar-refractivity contribution in [2.75, 3.05) is 0 Å². The van der Waals surface area contributed by atoms with Crippen LogP contribution in [-0.4, -0.2) is 17.0 Å². The fraction of sp³-hybridized carbons (Fsp3) is 0.545. The zero-order valence-electron chi connectivity index (χ0n) is 8.56. The molecule has 1 aromatic heterocycles. The molecule has 78 valence electrons. The Morgan fingerprint density at radius 1 is 1.50 bits per heavy atom. The molecule has 0 aliphatic carbocycles. The van der Waals surface area contributed by atoms with Crippen molar-refractivity contribution >= 4 is 5.78 Å². The molecular formula is C11H16O3. The second-order valence-corrected chi connectivity index (χ2v) is 3.40. The predicted octanol–water partition coefficient (Wildman–Crippen LogP) is 2.26. The highest BCUT2D eigenvalue weighted by atomic mass is 16.3. The second kappa shape index (κ2) is 4.96. The molecule has 1 unspecified atom stereocenters. The summed E-state index contributed by atoms with van der Waals surface area (Å²) in [6, 6.07) is 1.58. The van der Waals surface area contributed by atoms with Crippen LogP contribution in [0.5, 0.6) is 0 Å². The SMILES string of the molecule is CCC(CC)C(O)C(=O)c1ccoc1. The third-order valence-corrected chi connectivity index (χ3v) is 2.57. The summed E-state index contributed by atoms with van der Waals surface area (Å²) >= 11 is 0. The van der Waals surface area contributed by atoms with Crippen LogP contribution in [-0.2, 0) is 0 Å². The lowest BCUT2D eigenvalue weighted by Gasteiger charge is -2.17. The molecule has 1 heterocycles. The van der Waals surface area contributed by atoms with Crippen LogP contribution in [0.3, 0.4) is 0 Å². The van der Waals surface area contributed by atoms with E-state index in [-0.39, 0.29) is 11.7 Å². The predicted molar refractivity (Wildman–Crippen MR) is 53.1 cm³/mol. The van der Waals surface area contributed by atoms with Gasteiger partial charge >= 0.3 is 0 Å². The quantitative estimate of drug-likeness (QED) is 0.735. The van der Waals surface area contributed by atoms with E-state index in [0.717, 1.165) is 12.8 Å². The number of Topliss-reactive ketones (excluding diaryl/α,β-unsaturated/α-hetero) is 1. The van der Waals surface area contributed by atoms with Crippen molar-refractivity contribution in [1.29, 1.82) is 0 Å². The highest BCUT2D eigenvalue weighted by Gasteiger charge is 2.24. The van der Waals surface area contributed by atoms with E-state index in [9.17, 15) is 9.90 Å². The highest BCUT2D eigenvalue weighted by molar-refractivity contribution is 5.99. The normalized spacial score (nSPS) is 13.1. The monoisotopic (exact) mass is 196 g/mol. The molecule has 0 aliphatic heterocycles. The molecule has 0 aliphatic rings. The number of furan rings is 1. The van der Waals surface area contributed by atoms with E-state index < -0.39 is 6.10 Å². The minimum absolute atomic E-state index is 0.0393. The summed E-state index contributed by atoms with van der Waals surface area (Å²) in [7, 11) is 0. The summed E-state index contributed by atoms with van der Waals surface area (Å²) in [5, 5.41) is 9.76. The van der Waals surface area contributed by atoms with Crippen LogP contribution >= 0.6 is 0 Å². The van der Waals surface area contributed by atoms with E-state index in [4.69, 9.17) is 4.42 Å². The summed E-state index contributed by atoms with van der Waals surface area (Å²) < 4.78 is 4.80. The summed E-state index contributed by atoms with van der Waals surface area (Å²) in [5.41, 5.74) is 0.449. The first-order valence-corrected chi connectivity index (χ1v) is 4.95. The molecule has 1 aromatic rings. The van der Waals surface area contributed by atoms with Gasteiger partial charge in [-0.3, -0.25) is 4.79 Å². The Labute approximate surface area is 83.7 Å². The zero-order chi connectivity index (χ0) is 10.6. The lowest BCUT2D eigenvalue weighted by Crippen LogP contribution is -2.28. The topological polar surface area (TPSA) is 50.4 Å². The van der Waals surface area contributed by atoms with Crippen molar-refractivity contribution in [3.05, 3.63) is 24.2 Å².